The van der Waals surface area contributed by atoms with E-state index in [0.29, 0.717) is 12.0 Å². The molecule has 5 nitrogen and oxygen atoms in total. The summed E-state index contributed by atoms with van der Waals surface area (Å²) in [5, 5.41) is 12.0. The zero-order valence-electron chi connectivity index (χ0n) is 11.3. The van der Waals surface area contributed by atoms with Gasteiger partial charge in [0, 0.05) is 5.69 Å². The van der Waals surface area contributed by atoms with Crippen LogP contribution >= 0.6 is 0 Å². The van der Waals surface area contributed by atoms with Gasteiger partial charge in [0.25, 0.3) is 11.5 Å². The fourth-order valence-corrected chi connectivity index (χ4v) is 1.71. The Morgan fingerprint density at radius 1 is 1.50 bits per heavy atom. The van der Waals surface area contributed by atoms with Crippen LogP contribution in [0, 0.1) is 13.8 Å². The summed E-state index contributed by atoms with van der Waals surface area (Å²) in [7, 11) is 0. The summed E-state index contributed by atoms with van der Waals surface area (Å²) in [5.74, 6) is -0.452. The van der Waals surface area contributed by atoms with E-state index in [4.69, 9.17) is 0 Å². The molecule has 0 saturated heterocycles. The van der Waals surface area contributed by atoms with Gasteiger partial charge in [0.1, 0.15) is 5.56 Å². The lowest BCUT2D eigenvalue weighted by molar-refractivity contribution is 0.0845. The molecule has 0 spiro atoms. The van der Waals surface area contributed by atoms with Gasteiger partial charge in [-0.15, -0.1) is 0 Å². The minimum absolute atomic E-state index is 0.105. The Hall–Kier alpha value is -1.62. The third-order valence-electron chi connectivity index (χ3n) is 3.14. The Morgan fingerprint density at radius 2 is 2.11 bits per heavy atom. The normalized spacial score (nSPS) is 14.1. The standard InChI is InChI=1S/C13H20N2O3/c1-5-13(4,7-16)15-12(18)10-8(2)6-9(3)14-11(10)17/h6,16H,5,7H2,1-4H3,(H,14,17)(H,15,18). The molecule has 1 heterocycles. The molecular formula is C13H20N2O3. The molecule has 0 bridgehead atoms. The van der Waals surface area contributed by atoms with Gasteiger partial charge in [-0.3, -0.25) is 9.59 Å². The maximum Gasteiger partial charge on any atom is 0.261 e. The second-order valence-electron chi connectivity index (χ2n) is 4.87. The van der Waals surface area contributed by atoms with E-state index in [2.05, 4.69) is 10.3 Å². The highest BCUT2D eigenvalue weighted by Crippen LogP contribution is 2.10. The number of pyridine rings is 1. The van der Waals surface area contributed by atoms with Crippen LogP contribution in [0.2, 0.25) is 0 Å². The molecule has 1 unspecified atom stereocenters. The lowest BCUT2D eigenvalue weighted by Gasteiger charge is -2.27. The monoisotopic (exact) mass is 252 g/mol. The highest BCUT2D eigenvalue weighted by Gasteiger charge is 2.25. The van der Waals surface area contributed by atoms with Crippen LogP contribution in [0.1, 0.15) is 41.9 Å². The van der Waals surface area contributed by atoms with Crippen molar-refractivity contribution >= 4 is 5.91 Å². The van der Waals surface area contributed by atoms with Crippen LogP contribution in [0.5, 0.6) is 0 Å². The Morgan fingerprint density at radius 3 is 2.56 bits per heavy atom. The maximum absolute atomic E-state index is 12.1. The van der Waals surface area contributed by atoms with Crippen molar-refractivity contribution in [1.82, 2.24) is 10.3 Å². The fourth-order valence-electron chi connectivity index (χ4n) is 1.71. The zero-order valence-corrected chi connectivity index (χ0v) is 11.3. The number of aromatic nitrogens is 1. The minimum Gasteiger partial charge on any atom is -0.394 e. The molecule has 100 valence electrons. The van der Waals surface area contributed by atoms with Gasteiger partial charge in [-0.2, -0.15) is 0 Å². The van der Waals surface area contributed by atoms with E-state index >= 15 is 0 Å². The third-order valence-corrected chi connectivity index (χ3v) is 3.14. The van der Waals surface area contributed by atoms with Crippen molar-refractivity contribution in [3.05, 3.63) is 33.2 Å². The Bertz CT molecular complexity index is 501. The Kier molecular flexibility index (Phi) is 4.29. The molecule has 18 heavy (non-hydrogen) atoms. The number of rotatable bonds is 4. The lowest BCUT2D eigenvalue weighted by Crippen LogP contribution is -2.49. The van der Waals surface area contributed by atoms with Crippen LogP contribution in [-0.2, 0) is 0 Å². The molecule has 0 aliphatic heterocycles. The number of H-pyrrole nitrogens is 1. The number of aromatic amines is 1. The maximum atomic E-state index is 12.1. The predicted octanol–water partition coefficient (Wildman–Crippen LogP) is 0.883. The van der Waals surface area contributed by atoms with Gasteiger partial charge in [-0.25, -0.2) is 0 Å². The van der Waals surface area contributed by atoms with E-state index < -0.39 is 17.0 Å². The van der Waals surface area contributed by atoms with Crippen molar-refractivity contribution in [1.29, 1.82) is 0 Å². The topological polar surface area (TPSA) is 82.2 Å². The number of nitrogens with one attached hydrogen (secondary N) is 2. The van der Waals surface area contributed by atoms with Gasteiger partial charge in [0.2, 0.25) is 0 Å². The molecule has 1 atom stereocenters. The molecule has 0 saturated carbocycles. The van der Waals surface area contributed by atoms with Crippen LogP contribution in [0.3, 0.4) is 0 Å². The molecule has 1 aromatic heterocycles. The average Bonchev–Trinajstić information content (AvgIpc) is 2.27. The lowest BCUT2D eigenvalue weighted by atomic mass is 9.99. The molecule has 0 aliphatic rings. The first-order valence-corrected chi connectivity index (χ1v) is 5.97. The molecule has 0 radical (unpaired) electrons. The van der Waals surface area contributed by atoms with Crippen LogP contribution < -0.4 is 10.9 Å². The number of carbonyl (C=O) groups excluding carboxylic acids is 1. The van der Waals surface area contributed by atoms with Crippen LogP contribution in [0.15, 0.2) is 10.9 Å². The third kappa shape index (κ3) is 2.98. The summed E-state index contributed by atoms with van der Waals surface area (Å²) < 4.78 is 0. The Balaban J connectivity index is 3.10. The first kappa shape index (κ1) is 14.4. The van der Waals surface area contributed by atoms with Crippen molar-refractivity contribution in [3.63, 3.8) is 0 Å². The van der Waals surface area contributed by atoms with Crippen molar-refractivity contribution < 1.29 is 9.90 Å². The number of hydrogen-bond acceptors (Lipinski definition) is 3. The van der Waals surface area contributed by atoms with Gasteiger partial charge in [-0.1, -0.05) is 6.92 Å². The highest BCUT2D eigenvalue weighted by molar-refractivity contribution is 5.95. The summed E-state index contributed by atoms with van der Waals surface area (Å²) in [6.07, 6.45) is 0.581. The number of carbonyl (C=O) groups is 1. The van der Waals surface area contributed by atoms with E-state index in [1.54, 1.807) is 26.8 Å². The molecule has 1 aromatic rings. The summed E-state index contributed by atoms with van der Waals surface area (Å²) in [4.78, 5) is 26.5. The smallest absolute Gasteiger partial charge is 0.261 e. The number of aryl methyl sites for hydroxylation is 2. The van der Waals surface area contributed by atoms with Crippen molar-refractivity contribution in [2.75, 3.05) is 6.61 Å². The highest BCUT2D eigenvalue weighted by atomic mass is 16.3. The molecule has 5 heteroatoms. The minimum atomic E-state index is -0.707. The first-order chi connectivity index (χ1) is 8.33. The number of aliphatic hydroxyl groups is 1. The van der Waals surface area contributed by atoms with Crippen molar-refractivity contribution in [3.8, 4) is 0 Å². The second-order valence-corrected chi connectivity index (χ2v) is 4.87. The summed E-state index contributed by atoms with van der Waals surface area (Å²) in [6, 6.07) is 1.75. The molecule has 0 fully saturated rings. The van der Waals surface area contributed by atoms with E-state index in [1.165, 1.54) is 0 Å². The van der Waals surface area contributed by atoms with Gasteiger partial charge < -0.3 is 15.4 Å². The molecule has 0 aromatic carbocycles. The van der Waals surface area contributed by atoms with Crippen molar-refractivity contribution in [2.45, 2.75) is 39.7 Å². The van der Waals surface area contributed by atoms with Gasteiger partial charge in [0.05, 0.1) is 12.1 Å². The SMILES string of the molecule is CCC(C)(CO)NC(=O)c1c(C)cc(C)[nH]c1=O. The van der Waals surface area contributed by atoms with E-state index in [1.807, 2.05) is 6.92 Å². The quantitative estimate of drug-likeness (QED) is 0.744. The summed E-state index contributed by atoms with van der Waals surface area (Å²) >= 11 is 0. The van der Waals surface area contributed by atoms with Crippen LogP contribution in [-0.4, -0.2) is 28.1 Å². The molecular weight excluding hydrogens is 232 g/mol. The largest absolute Gasteiger partial charge is 0.394 e. The van der Waals surface area contributed by atoms with Gasteiger partial charge in [-0.05, 0) is 38.8 Å². The predicted molar refractivity (Wildman–Crippen MR) is 69.8 cm³/mol. The zero-order chi connectivity index (χ0) is 13.9. The summed E-state index contributed by atoms with van der Waals surface area (Å²) in [5.41, 5.74) is 0.343. The van der Waals surface area contributed by atoms with E-state index in [0.717, 1.165) is 5.69 Å². The van der Waals surface area contributed by atoms with E-state index in [9.17, 15) is 14.7 Å². The molecule has 3 N–H and O–H groups in total. The summed E-state index contributed by atoms with van der Waals surface area (Å²) in [6.45, 7) is 6.92. The number of hydrogen-bond donors (Lipinski definition) is 3. The van der Waals surface area contributed by atoms with Crippen LogP contribution in [0.25, 0.3) is 0 Å². The van der Waals surface area contributed by atoms with Crippen molar-refractivity contribution in [2.24, 2.45) is 0 Å². The van der Waals surface area contributed by atoms with Crippen LogP contribution in [0.4, 0.5) is 0 Å². The number of amides is 1. The average molecular weight is 252 g/mol. The van der Waals surface area contributed by atoms with Gasteiger partial charge >= 0.3 is 0 Å². The first-order valence-electron chi connectivity index (χ1n) is 5.97. The van der Waals surface area contributed by atoms with Gasteiger partial charge in [0.15, 0.2) is 0 Å². The fraction of sp³-hybridized carbons (Fsp3) is 0.538. The molecule has 0 aliphatic carbocycles. The van der Waals surface area contributed by atoms with E-state index in [-0.39, 0.29) is 12.2 Å². The molecule has 1 amide bonds. The second kappa shape index (κ2) is 5.35. The molecule has 1 rings (SSSR count). The Labute approximate surface area is 106 Å². The number of aliphatic hydroxyl groups excluding tert-OH is 1.